The molecule has 0 saturated carbocycles. The third-order valence-electron chi connectivity index (χ3n) is 3.24. The van der Waals surface area contributed by atoms with Crippen LogP contribution in [0.4, 0.5) is 5.82 Å². The first-order valence-electron chi connectivity index (χ1n) is 6.19. The van der Waals surface area contributed by atoms with Crippen molar-refractivity contribution in [2.75, 3.05) is 18.8 Å². The van der Waals surface area contributed by atoms with Crippen LogP contribution in [-0.2, 0) is 19.6 Å². The van der Waals surface area contributed by atoms with Crippen molar-refractivity contribution in [2.24, 2.45) is 0 Å². The van der Waals surface area contributed by atoms with E-state index in [1.54, 1.807) is 6.33 Å². The van der Waals surface area contributed by atoms with Gasteiger partial charge in [-0.3, -0.25) is 9.58 Å². The highest BCUT2D eigenvalue weighted by Gasteiger charge is 2.16. The lowest BCUT2D eigenvalue weighted by Crippen LogP contribution is -2.34. The second kappa shape index (κ2) is 4.77. The molecule has 18 heavy (non-hydrogen) atoms. The third-order valence-corrected chi connectivity index (χ3v) is 3.24. The highest BCUT2D eigenvalue weighted by atomic mass is 15.3. The third kappa shape index (κ3) is 2.35. The Morgan fingerprint density at radius 1 is 1.28 bits per heavy atom. The summed E-state index contributed by atoms with van der Waals surface area (Å²) in [5.74, 6) is 1.64. The average molecular weight is 247 g/mol. The van der Waals surface area contributed by atoms with Crippen LogP contribution in [0.2, 0.25) is 0 Å². The van der Waals surface area contributed by atoms with Gasteiger partial charge in [-0.05, 0) is 12.5 Å². The topological polar surface area (TPSA) is 77.8 Å². The molecule has 1 aliphatic rings. The van der Waals surface area contributed by atoms with E-state index in [1.165, 1.54) is 0 Å². The number of anilines is 1. The first-order chi connectivity index (χ1) is 8.81. The molecule has 7 nitrogen and oxygen atoms in total. The summed E-state index contributed by atoms with van der Waals surface area (Å²) >= 11 is 0. The molecule has 0 aromatic carbocycles. The predicted octanol–water partition coefficient (Wildman–Crippen LogP) is -0.0373. The predicted molar refractivity (Wildman–Crippen MR) is 66.6 cm³/mol. The van der Waals surface area contributed by atoms with Gasteiger partial charge in [-0.25, -0.2) is 0 Å². The lowest BCUT2D eigenvalue weighted by molar-refractivity contribution is 0.210. The van der Waals surface area contributed by atoms with E-state index in [0.717, 1.165) is 45.0 Å². The Morgan fingerprint density at radius 2 is 2.22 bits per heavy atom. The summed E-state index contributed by atoms with van der Waals surface area (Å²) in [6, 6.07) is 1.82. The number of nitrogen functional groups attached to an aromatic ring is 1. The van der Waals surface area contributed by atoms with Crippen LogP contribution in [0.15, 0.2) is 18.6 Å². The van der Waals surface area contributed by atoms with Crippen LogP contribution in [0.5, 0.6) is 0 Å². The minimum Gasteiger partial charge on any atom is -0.382 e. The first kappa shape index (κ1) is 11.2. The zero-order valence-electron chi connectivity index (χ0n) is 10.2. The normalized spacial score (nSPS) is 15.8. The molecule has 0 saturated heterocycles. The van der Waals surface area contributed by atoms with Gasteiger partial charge in [0.25, 0.3) is 0 Å². The van der Waals surface area contributed by atoms with Crippen molar-refractivity contribution >= 4 is 5.82 Å². The Labute approximate surface area is 105 Å². The molecule has 96 valence electrons. The van der Waals surface area contributed by atoms with Crippen LogP contribution in [-0.4, -0.2) is 42.5 Å². The number of aryl methyl sites for hydroxylation is 1. The van der Waals surface area contributed by atoms with Crippen molar-refractivity contribution in [1.82, 2.24) is 29.4 Å². The summed E-state index contributed by atoms with van der Waals surface area (Å²) in [6.07, 6.45) is 4.79. The summed E-state index contributed by atoms with van der Waals surface area (Å²) in [6.45, 7) is 4.89. The number of hydrogen-bond acceptors (Lipinski definition) is 5. The largest absolute Gasteiger partial charge is 0.382 e. The molecule has 0 fully saturated rings. The highest BCUT2D eigenvalue weighted by Crippen LogP contribution is 2.09. The van der Waals surface area contributed by atoms with Crippen LogP contribution in [0, 0.1) is 0 Å². The first-order valence-corrected chi connectivity index (χ1v) is 6.19. The molecule has 0 unspecified atom stereocenters. The van der Waals surface area contributed by atoms with Crippen molar-refractivity contribution in [3.05, 3.63) is 24.4 Å². The van der Waals surface area contributed by atoms with Gasteiger partial charge < -0.3 is 10.3 Å². The van der Waals surface area contributed by atoms with Gasteiger partial charge >= 0.3 is 0 Å². The molecule has 3 heterocycles. The molecule has 0 radical (unpaired) electrons. The Hall–Kier alpha value is -1.89. The number of nitrogens with zero attached hydrogens (tertiary/aromatic N) is 6. The minimum atomic E-state index is 0.584. The molecular formula is C11H17N7. The lowest BCUT2D eigenvalue weighted by Gasteiger charge is -2.26. The molecule has 1 aliphatic heterocycles. The van der Waals surface area contributed by atoms with Crippen LogP contribution in [0.25, 0.3) is 0 Å². The fourth-order valence-electron chi connectivity index (χ4n) is 2.27. The number of hydrogen-bond donors (Lipinski definition) is 1. The van der Waals surface area contributed by atoms with Crippen molar-refractivity contribution in [2.45, 2.75) is 26.1 Å². The van der Waals surface area contributed by atoms with Crippen molar-refractivity contribution in [1.29, 1.82) is 0 Å². The van der Waals surface area contributed by atoms with E-state index in [4.69, 9.17) is 5.73 Å². The summed E-state index contributed by atoms with van der Waals surface area (Å²) in [7, 11) is 0. The monoisotopic (exact) mass is 247 g/mol. The maximum atomic E-state index is 5.57. The number of fused-ring (bicyclic) bond motifs is 1. The van der Waals surface area contributed by atoms with Gasteiger partial charge in [0, 0.05) is 32.4 Å². The van der Waals surface area contributed by atoms with Gasteiger partial charge in [0.15, 0.2) is 0 Å². The molecule has 0 atom stereocenters. The molecule has 0 spiro atoms. The summed E-state index contributed by atoms with van der Waals surface area (Å²) in [5.41, 5.74) is 5.57. The SMILES string of the molecule is Nc1ccn(CCCN2CCn3cnnc3C2)n1. The molecule has 0 amide bonds. The molecule has 0 bridgehead atoms. The Kier molecular flexibility index (Phi) is 2.97. The zero-order chi connectivity index (χ0) is 12.4. The molecule has 2 N–H and O–H groups in total. The minimum absolute atomic E-state index is 0.584. The van der Waals surface area contributed by atoms with Crippen LogP contribution < -0.4 is 5.73 Å². The Bertz CT molecular complexity index is 515. The van der Waals surface area contributed by atoms with Gasteiger partial charge in [0.1, 0.15) is 18.0 Å². The second-order valence-corrected chi connectivity index (χ2v) is 4.57. The van der Waals surface area contributed by atoms with E-state index in [2.05, 4.69) is 24.8 Å². The van der Waals surface area contributed by atoms with Gasteiger partial charge in [-0.15, -0.1) is 10.2 Å². The smallest absolute Gasteiger partial charge is 0.147 e. The summed E-state index contributed by atoms with van der Waals surface area (Å²) in [4.78, 5) is 2.40. The summed E-state index contributed by atoms with van der Waals surface area (Å²) in [5, 5.41) is 12.2. The van der Waals surface area contributed by atoms with E-state index in [1.807, 2.05) is 16.9 Å². The molecule has 7 heteroatoms. The fraction of sp³-hybridized carbons (Fsp3) is 0.545. The van der Waals surface area contributed by atoms with Crippen molar-refractivity contribution in [3.63, 3.8) is 0 Å². The van der Waals surface area contributed by atoms with E-state index in [-0.39, 0.29) is 0 Å². The maximum Gasteiger partial charge on any atom is 0.147 e. The van der Waals surface area contributed by atoms with Gasteiger partial charge in [0.05, 0.1) is 6.54 Å². The number of rotatable bonds is 4. The molecule has 2 aromatic heterocycles. The van der Waals surface area contributed by atoms with Crippen LogP contribution >= 0.6 is 0 Å². The average Bonchev–Trinajstić information content (AvgIpc) is 2.97. The molecule has 0 aliphatic carbocycles. The number of aromatic nitrogens is 5. The van der Waals surface area contributed by atoms with E-state index < -0.39 is 0 Å². The summed E-state index contributed by atoms with van der Waals surface area (Å²) < 4.78 is 4.01. The van der Waals surface area contributed by atoms with Gasteiger partial charge in [-0.1, -0.05) is 0 Å². The molecule has 2 aromatic rings. The van der Waals surface area contributed by atoms with E-state index in [9.17, 15) is 0 Å². The fourth-order valence-corrected chi connectivity index (χ4v) is 2.27. The zero-order valence-corrected chi connectivity index (χ0v) is 10.2. The van der Waals surface area contributed by atoms with E-state index in [0.29, 0.717) is 5.82 Å². The Morgan fingerprint density at radius 3 is 3.06 bits per heavy atom. The lowest BCUT2D eigenvalue weighted by atomic mass is 10.3. The maximum absolute atomic E-state index is 5.57. The van der Waals surface area contributed by atoms with Crippen LogP contribution in [0.3, 0.4) is 0 Å². The van der Waals surface area contributed by atoms with Crippen LogP contribution in [0.1, 0.15) is 12.2 Å². The quantitative estimate of drug-likeness (QED) is 0.820. The van der Waals surface area contributed by atoms with Gasteiger partial charge in [0.2, 0.25) is 0 Å². The van der Waals surface area contributed by atoms with E-state index >= 15 is 0 Å². The number of nitrogens with two attached hydrogens (primary N) is 1. The second-order valence-electron chi connectivity index (χ2n) is 4.57. The van der Waals surface area contributed by atoms with Crippen molar-refractivity contribution in [3.8, 4) is 0 Å². The molecule has 3 rings (SSSR count). The van der Waals surface area contributed by atoms with Crippen molar-refractivity contribution < 1.29 is 0 Å². The molecular weight excluding hydrogens is 230 g/mol. The highest BCUT2D eigenvalue weighted by molar-refractivity contribution is 5.23. The Balaban J connectivity index is 1.47. The van der Waals surface area contributed by atoms with Gasteiger partial charge in [-0.2, -0.15) is 5.10 Å². The standard InChI is InChI=1S/C11H17N7/c12-10-2-5-18(15-10)4-1-3-16-6-7-17-9-13-14-11(17)8-16/h2,5,9H,1,3-4,6-8H2,(H2,12,15).